The minimum Gasteiger partial charge on any atom is -0.135 e. The molecule has 1 heterocycles. The lowest BCUT2D eigenvalue weighted by molar-refractivity contribution is 0.795. The summed E-state index contributed by atoms with van der Waals surface area (Å²) in [5.41, 5.74) is 13.0. The molecule has 7 aromatic carbocycles. The van der Waals surface area contributed by atoms with Gasteiger partial charge in [0.05, 0.1) is 5.41 Å². The normalized spacial score (nSPS) is 13.9. The SMILES string of the molecule is Brc1ccc2sc3ccc(-c4ccc5c(c4)C4(c6ccccc6-c6ccccc64)c4cc6ccccc6cc4-5)cc3c2c1. The van der Waals surface area contributed by atoms with Crippen molar-refractivity contribution in [2.24, 2.45) is 0 Å². The summed E-state index contributed by atoms with van der Waals surface area (Å²) in [7, 11) is 0. The van der Waals surface area contributed by atoms with E-state index in [-0.39, 0.29) is 5.41 Å². The fourth-order valence-corrected chi connectivity index (χ4v) is 9.36. The van der Waals surface area contributed by atoms with Crippen LogP contribution < -0.4 is 0 Å². The van der Waals surface area contributed by atoms with Crippen LogP contribution in [0.3, 0.4) is 0 Å². The molecular formula is C41H23BrS. The highest BCUT2D eigenvalue weighted by atomic mass is 79.9. The molecule has 0 amide bonds. The molecule has 0 nitrogen and oxygen atoms in total. The number of fused-ring (bicyclic) bond motifs is 14. The highest BCUT2D eigenvalue weighted by Gasteiger charge is 2.51. The molecule has 200 valence electrons. The van der Waals surface area contributed by atoms with Crippen LogP contribution in [0.2, 0.25) is 0 Å². The third-order valence-electron chi connectivity index (χ3n) is 9.72. The Bertz CT molecular complexity index is 2430. The van der Waals surface area contributed by atoms with E-state index in [0.717, 1.165) is 4.47 Å². The van der Waals surface area contributed by atoms with Gasteiger partial charge in [-0.05, 0) is 115 Å². The molecule has 0 atom stereocenters. The van der Waals surface area contributed by atoms with Gasteiger partial charge in [0.1, 0.15) is 0 Å². The third-order valence-corrected chi connectivity index (χ3v) is 11.4. The van der Waals surface area contributed by atoms with E-state index in [0.29, 0.717) is 0 Å². The van der Waals surface area contributed by atoms with Gasteiger partial charge in [-0.15, -0.1) is 11.3 Å². The van der Waals surface area contributed by atoms with Crippen LogP contribution in [0.4, 0.5) is 0 Å². The summed E-state index contributed by atoms with van der Waals surface area (Å²) in [6.07, 6.45) is 0. The van der Waals surface area contributed by atoms with Gasteiger partial charge < -0.3 is 0 Å². The zero-order valence-electron chi connectivity index (χ0n) is 23.1. The Hall–Kier alpha value is -4.50. The highest BCUT2D eigenvalue weighted by Crippen LogP contribution is 2.63. The first-order valence-corrected chi connectivity index (χ1v) is 16.3. The number of rotatable bonds is 1. The Labute approximate surface area is 262 Å². The molecule has 2 aliphatic carbocycles. The Morgan fingerprint density at radius 1 is 0.419 bits per heavy atom. The molecule has 1 aromatic heterocycles. The molecule has 10 rings (SSSR count). The van der Waals surface area contributed by atoms with E-state index in [4.69, 9.17) is 0 Å². The van der Waals surface area contributed by atoms with Gasteiger partial charge in [0, 0.05) is 24.6 Å². The first-order valence-electron chi connectivity index (χ1n) is 14.7. The maximum Gasteiger partial charge on any atom is 0.0725 e. The second kappa shape index (κ2) is 8.54. The maximum absolute atomic E-state index is 3.70. The average molecular weight is 628 g/mol. The molecule has 0 saturated heterocycles. The van der Waals surface area contributed by atoms with Crippen molar-refractivity contribution in [1.29, 1.82) is 0 Å². The molecule has 43 heavy (non-hydrogen) atoms. The minimum atomic E-state index is -0.359. The predicted molar refractivity (Wildman–Crippen MR) is 186 cm³/mol. The molecule has 0 unspecified atom stereocenters. The van der Waals surface area contributed by atoms with Crippen molar-refractivity contribution < 1.29 is 0 Å². The lowest BCUT2D eigenvalue weighted by atomic mass is 9.70. The van der Waals surface area contributed by atoms with Crippen molar-refractivity contribution in [3.05, 3.63) is 166 Å². The van der Waals surface area contributed by atoms with Gasteiger partial charge in [-0.2, -0.15) is 0 Å². The van der Waals surface area contributed by atoms with Crippen LogP contribution in [-0.2, 0) is 5.41 Å². The smallest absolute Gasteiger partial charge is 0.0725 e. The van der Waals surface area contributed by atoms with E-state index >= 15 is 0 Å². The zero-order valence-corrected chi connectivity index (χ0v) is 25.5. The van der Waals surface area contributed by atoms with E-state index in [1.807, 2.05) is 11.3 Å². The lowest BCUT2D eigenvalue weighted by Gasteiger charge is -2.31. The van der Waals surface area contributed by atoms with E-state index in [1.165, 1.54) is 86.6 Å². The van der Waals surface area contributed by atoms with E-state index in [9.17, 15) is 0 Å². The Kier molecular flexibility index (Phi) is 4.76. The second-order valence-electron chi connectivity index (χ2n) is 11.8. The quantitative estimate of drug-likeness (QED) is 0.170. The molecule has 0 fully saturated rings. The van der Waals surface area contributed by atoms with Crippen LogP contribution in [0.1, 0.15) is 22.3 Å². The van der Waals surface area contributed by atoms with Crippen LogP contribution in [0, 0.1) is 0 Å². The summed E-state index contributed by atoms with van der Waals surface area (Å²) in [5, 5.41) is 5.21. The monoisotopic (exact) mass is 626 g/mol. The number of benzene rings is 7. The highest BCUT2D eigenvalue weighted by molar-refractivity contribution is 9.10. The molecule has 2 aliphatic rings. The Balaban J connectivity index is 1.30. The molecule has 8 aromatic rings. The molecule has 0 saturated carbocycles. The second-order valence-corrected chi connectivity index (χ2v) is 13.8. The van der Waals surface area contributed by atoms with E-state index < -0.39 is 0 Å². The van der Waals surface area contributed by atoms with E-state index in [1.54, 1.807) is 0 Å². The van der Waals surface area contributed by atoms with Crippen LogP contribution in [-0.4, -0.2) is 0 Å². The standard InChI is InChI=1S/C41H23BrS/c42-28-15-18-40-34(23-28)33-20-26(14-17-39(33)43-40)27-13-16-31-32-19-24-7-1-2-8-25(24)21-38(32)41(37(31)22-27)35-11-5-3-9-29(35)30-10-4-6-12-36(30)41/h1-23H. The fraction of sp³-hybridized carbons (Fsp3) is 0.0244. The lowest BCUT2D eigenvalue weighted by Crippen LogP contribution is -2.25. The number of thiophene rings is 1. The summed E-state index contributed by atoms with van der Waals surface area (Å²) < 4.78 is 3.77. The summed E-state index contributed by atoms with van der Waals surface area (Å²) in [6, 6.07) is 52.6. The number of halogens is 1. The molecule has 1 spiro atoms. The Morgan fingerprint density at radius 3 is 1.74 bits per heavy atom. The number of hydrogen-bond donors (Lipinski definition) is 0. The van der Waals surface area contributed by atoms with Gasteiger partial charge >= 0.3 is 0 Å². The first-order chi connectivity index (χ1) is 21.2. The van der Waals surface area contributed by atoms with Crippen molar-refractivity contribution in [2.45, 2.75) is 5.41 Å². The predicted octanol–water partition coefficient (Wildman–Crippen LogP) is 12.0. The summed E-state index contributed by atoms with van der Waals surface area (Å²) in [5.74, 6) is 0. The topological polar surface area (TPSA) is 0 Å². The first kappa shape index (κ1) is 24.0. The van der Waals surface area contributed by atoms with E-state index in [2.05, 4.69) is 155 Å². The van der Waals surface area contributed by atoms with Gasteiger partial charge in [0.15, 0.2) is 0 Å². The molecule has 0 radical (unpaired) electrons. The van der Waals surface area contributed by atoms with Crippen LogP contribution >= 0.6 is 27.3 Å². The van der Waals surface area contributed by atoms with Gasteiger partial charge in [0.25, 0.3) is 0 Å². The summed E-state index contributed by atoms with van der Waals surface area (Å²) in [4.78, 5) is 0. The zero-order chi connectivity index (χ0) is 28.3. The van der Waals surface area contributed by atoms with Crippen molar-refractivity contribution in [2.75, 3.05) is 0 Å². The molecule has 0 N–H and O–H groups in total. The van der Waals surface area contributed by atoms with Crippen molar-refractivity contribution in [3.8, 4) is 33.4 Å². The van der Waals surface area contributed by atoms with Crippen molar-refractivity contribution in [1.82, 2.24) is 0 Å². The third kappa shape index (κ3) is 3.10. The summed E-state index contributed by atoms with van der Waals surface area (Å²) >= 11 is 5.56. The molecule has 0 bridgehead atoms. The maximum atomic E-state index is 3.70. The van der Waals surface area contributed by atoms with Gasteiger partial charge in [0.2, 0.25) is 0 Å². The minimum absolute atomic E-state index is 0.359. The van der Waals surface area contributed by atoms with Crippen LogP contribution in [0.25, 0.3) is 64.3 Å². The van der Waals surface area contributed by atoms with Crippen molar-refractivity contribution in [3.63, 3.8) is 0 Å². The fourth-order valence-electron chi connectivity index (χ4n) is 7.93. The average Bonchev–Trinajstić information content (AvgIpc) is 3.66. The van der Waals surface area contributed by atoms with Gasteiger partial charge in [-0.1, -0.05) is 107 Å². The summed E-state index contributed by atoms with van der Waals surface area (Å²) in [6.45, 7) is 0. The van der Waals surface area contributed by atoms with Gasteiger partial charge in [-0.3, -0.25) is 0 Å². The van der Waals surface area contributed by atoms with Crippen molar-refractivity contribution >= 4 is 58.2 Å². The Morgan fingerprint density at radius 2 is 0.977 bits per heavy atom. The number of hydrogen-bond acceptors (Lipinski definition) is 1. The molecule has 2 heteroatoms. The van der Waals surface area contributed by atoms with Crippen LogP contribution in [0.5, 0.6) is 0 Å². The molecular weight excluding hydrogens is 604 g/mol. The largest absolute Gasteiger partial charge is 0.135 e. The molecule has 0 aliphatic heterocycles. The van der Waals surface area contributed by atoms with Crippen LogP contribution in [0.15, 0.2) is 144 Å². The van der Waals surface area contributed by atoms with Gasteiger partial charge in [-0.25, -0.2) is 0 Å².